The number of ether oxygens (including phenoxy) is 1. The van der Waals surface area contributed by atoms with Crippen LogP contribution in [-0.2, 0) is 11.3 Å². The van der Waals surface area contributed by atoms with Crippen molar-refractivity contribution in [1.82, 2.24) is 10.3 Å². The number of piperidine rings is 1. The van der Waals surface area contributed by atoms with Crippen LogP contribution in [-0.4, -0.2) is 37.8 Å². The first kappa shape index (κ1) is 15.2. The SMILES string of the molecule is CCCNCc1cc(F)cnc1N1CCC(OC)CC1. The van der Waals surface area contributed by atoms with Crippen molar-refractivity contribution in [2.24, 2.45) is 0 Å². The third-order valence-corrected chi connectivity index (χ3v) is 3.73. The Bertz CT molecular complexity index is 420. The molecular formula is C15H24FN3O. The van der Waals surface area contributed by atoms with E-state index in [1.807, 2.05) is 0 Å². The van der Waals surface area contributed by atoms with Gasteiger partial charge < -0.3 is 15.0 Å². The molecule has 0 spiro atoms. The molecule has 5 heteroatoms. The van der Waals surface area contributed by atoms with E-state index in [0.29, 0.717) is 12.6 Å². The highest BCUT2D eigenvalue weighted by Gasteiger charge is 2.21. The third kappa shape index (κ3) is 3.90. The highest BCUT2D eigenvalue weighted by atomic mass is 19.1. The first-order valence-corrected chi connectivity index (χ1v) is 7.37. The van der Waals surface area contributed by atoms with Crippen molar-refractivity contribution < 1.29 is 9.13 Å². The molecule has 1 aliphatic rings. The number of nitrogens with zero attached hydrogens (tertiary/aromatic N) is 2. The zero-order chi connectivity index (χ0) is 14.4. The van der Waals surface area contributed by atoms with Gasteiger partial charge >= 0.3 is 0 Å². The number of hydrogen-bond donors (Lipinski definition) is 1. The van der Waals surface area contributed by atoms with Crippen LogP contribution in [0.15, 0.2) is 12.3 Å². The van der Waals surface area contributed by atoms with Crippen LogP contribution in [0.5, 0.6) is 0 Å². The summed E-state index contributed by atoms with van der Waals surface area (Å²) in [7, 11) is 1.76. The summed E-state index contributed by atoms with van der Waals surface area (Å²) >= 11 is 0. The van der Waals surface area contributed by atoms with Gasteiger partial charge in [-0.15, -0.1) is 0 Å². The molecular weight excluding hydrogens is 257 g/mol. The average Bonchev–Trinajstić information content (AvgIpc) is 2.48. The largest absolute Gasteiger partial charge is 0.381 e. The molecule has 4 nitrogen and oxygen atoms in total. The molecule has 0 saturated carbocycles. The molecule has 1 N–H and O–H groups in total. The first-order valence-electron chi connectivity index (χ1n) is 7.37. The van der Waals surface area contributed by atoms with Gasteiger partial charge in [-0.25, -0.2) is 9.37 Å². The molecule has 1 aromatic rings. The summed E-state index contributed by atoms with van der Waals surface area (Å²) in [5.74, 6) is 0.637. The molecule has 1 aromatic heterocycles. The zero-order valence-corrected chi connectivity index (χ0v) is 12.4. The van der Waals surface area contributed by atoms with E-state index in [2.05, 4.69) is 22.1 Å². The second-order valence-corrected chi connectivity index (χ2v) is 5.24. The summed E-state index contributed by atoms with van der Waals surface area (Å²) in [4.78, 5) is 6.54. The van der Waals surface area contributed by atoms with E-state index >= 15 is 0 Å². The van der Waals surface area contributed by atoms with E-state index in [0.717, 1.165) is 50.3 Å². The molecule has 0 bridgehead atoms. The third-order valence-electron chi connectivity index (χ3n) is 3.73. The molecule has 112 valence electrons. The van der Waals surface area contributed by atoms with Gasteiger partial charge in [0.15, 0.2) is 0 Å². The van der Waals surface area contributed by atoms with E-state index < -0.39 is 0 Å². The van der Waals surface area contributed by atoms with Gasteiger partial charge in [0, 0.05) is 32.3 Å². The van der Waals surface area contributed by atoms with E-state index in [4.69, 9.17) is 4.74 Å². The van der Waals surface area contributed by atoms with Crippen LogP contribution >= 0.6 is 0 Å². The normalized spacial score (nSPS) is 16.6. The zero-order valence-electron chi connectivity index (χ0n) is 12.4. The number of anilines is 1. The summed E-state index contributed by atoms with van der Waals surface area (Å²) in [6.07, 6.45) is 4.71. The van der Waals surface area contributed by atoms with Gasteiger partial charge in [-0.05, 0) is 31.9 Å². The number of rotatable bonds is 6. The summed E-state index contributed by atoms with van der Waals surface area (Å²) < 4.78 is 18.8. The predicted molar refractivity (Wildman–Crippen MR) is 78.4 cm³/mol. The van der Waals surface area contributed by atoms with Gasteiger partial charge in [-0.2, -0.15) is 0 Å². The van der Waals surface area contributed by atoms with E-state index in [1.165, 1.54) is 6.20 Å². The minimum Gasteiger partial charge on any atom is -0.381 e. The number of aromatic nitrogens is 1. The van der Waals surface area contributed by atoms with Gasteiger partial charge in [0.2, 0.25) is 0 Å². The van der Waals surface area contributed by atoms with Crippen molar-refractivity contribution in [2.75, 3.05) is 31.6 Å². The maximum absolute atomic E-state index is 13.4. The number of methoxy groups -OCH3 is 1. The van der Waals surface area contributed by atoms with Gasteiger partial charge in [0.05, 0.1) is 12.3 Å². The second-order valence-electron chi connectivity index (χ2n) is 5.24. The molecule has 0 radical (unpaired) electrons. The molecule has 0 atom stereocenters. The number of nitrogens with one attached hydrogen (secondary N) is 1. The predicted octanol–water partition coefficient (Wildman–Crippen LogP) is 2.34. The molecule has 2 rings (SSSR count). The highest BCUT2D eigenvalue weighted by molar-refractivity contribution is 5.47. The maximum Gasteiger partial charge on any atom is 0.141 e. The fourth-order valence-corrected chi connectivity index (χ4v) is 2.59. The maximum atomic E-state index is 13.4. The fraction of sp³-hybridized carbons (Fsp3) is 0.667. The summed E-state index contributed by atoms with van der Waals surface area (Å²) in [5.41, 5.74) is 0.939. The molecule has 20 heavy (non-hydrogen) atoms. The smallest absolute Gasteiger partial charge is 0.141 e. The monoisotopic (exact) mass is 281 g/mol. The summed E-state index contributed by atoms with van der Waals surface area (Å²) in [6.45, 7) is 5.54. The van der Waals surface area contributed by atoms with Crippen molar-refractivity contribution in [3.05, 3.63) is 23.6 Å². The Morgan fingerprint density at radius 2 is 2.20 bits per heavy atom. The highest BCUT2D eigenvalue weighted by Crippen LogP contribution is 2.23. The second kappa shape index (κ2) is 7.55. The minimum atomic E-state index is -0.270. The van der Waals surface area contributed by atoms with Crippen LogP contribution in [0.2, 0.25) is 0 Å². The first-order chi connectivity index (χ1) is 9.74. The molecule has 2 heterocycles. The van der Waals surface area contributed by atoms with Crippen LogP contribution < -0.4 is 10.2 Å². The number of halogens is 1. The van der Waals surface area contributed by atoms with Crippen molar-refractivity contribution in [1.29, 1.82) is 0 Å². The van der Waals surface area contributed by atoms with Crippen LogP contribution in [0.4, 0.5) is 10.2 Å². The molecule has 0 aliphatic carbocycles. The Morgan fingerprint density at radius 1 is 1.45 bits per heavy atom. The minimum absolute atomic E-state index is 0.270. The van der Waals surface area contributed by atoms with Gasteiger partial charge in [-0.3, -0.25) is 0 Å². The van der Waals surface area contributed by atoms with Gasteiger partial charge in [0.1, 0.15) is 11.6 Å². The Kier molecular flexibility index (Phi) is 5.73. The van der Waals surface area contributed by atoms with Crippen molar-refractivity contribution in [3.63, 3.8) is 0 Å². The van der Waals surface area contributed by atoms with Crippen LogP contribution in [0.1, 0.15) is 31.7 Å². The van der Waals surface area contributed by atoms with E-state index in [-0.39, 0.29) is 5.82 Å². The van der Waals surface area contributed by atoms with Crippen molar-refractivity contribution in [3.8, 4) is 0 Å². The number of pyridine rings is 1. The Hall–Kier alpha value is -1.20. The topological polar surface area (TPSA) is 37.4 Å². The summed E-state index contributed by atoms with van der Waals surface area (Å²) in [5, 5.41) is 3.32. The Morgan fingerprint density at radius 3 is 2.85 bits per heavy atom. The number of hydrogen-bond acceptors (Lipinski definition) is 4. The van der Waals surface area contributed by atoms with Crippen LogP contribution in [0.25, 0.3) is 0 Å². The van der Waals surface area contributed by atoms with Crippen molar-refractivity contribution >= 4 is 5.82 Å². The Balaban J connectivity index is 2.06. The van der Waals surface area contributed by atoms with E-state index in [9.17, 15) is 4.39 Å². The van der Waals surface area contributed by atoms with E-state index in [1.54, 1.807) is 13.2 Å². The lowest BCUT2D eigenvalue weighted by molar-refractivity contribution is 0.0817. The quantitative estimate of drug-likeness (QED) is 0.812. The molecule has 1 fully saturated rings. The lowest BCUT2D eigenvalue weighted by atomic mass is 10.1. The van der Waals surface area contributed by atoms with Crippen LogP contribution in [0, 0.1) is 5.82 Å². The molecule has 1 saturated heterocycles. The molecule has 0 amide bonds. The average molecular weight is 281 g/mol. The van der Waals surface area contributed by atoms with Gasteiger partial charge in [-0.1, -0.05) is 6.92 Å². The van der Waals surface area contributed by atoms with Crippen LogP contribution in [0.3, 0.4) is 0 Å². The standard InChI is InChI=1S/C15H24FN3O/c1-3-6-17-10-12-9-13(16)11-18-15(12)19-7-4-14(20-2)5-8-19/h9,11,14,17H,3-8,10H2,1-2H3. The summed E-state index contributed by atoms with van der Waals surface area (Å²) in [6, 6.07) is 1.59. The lowest BCUT2D eigenvalue weighted by Crippen LogP contribution is -2.38. The Labute approximate surface area is 120 Å². The van der Waals surface area contributed by atoms with Crippen molar-refractivity contribution in [2.45, 2.75) is 38.8 Å². The van der Waals surface area contributed by atoms with Gasteiger partial charge in [0.25, 0.3) is 0 Å². The molecule has 1 aliphatic heterocycles. The molecule has 0 unspecified atom stereocenters. The fourth-order valence-electron chi connectivity index (χ4n) is 2.59. The lowest BCUT2D eigenvalue weighted by Gasteiger charge is -2.33. The molecule has 0 aromatic carbocycles.